The fourth-order valence-corrected chi connectivity index (χ4v) is 2.99. The molecule has 0 spiro atoms. The van der Waals surface area contributed by atoms with E-state index in [9.17, 15) is 13.5 Å². The van der Waals surface area contributed by atoms with E-state index in [1.54, 1.807) is 6.20 Å². The molecule has 2 heterocycles. The second kappa shape index (κ2) is 10.4. The predicted octanol–water partition coefficient (Wildman–Crippen LogP) is 2.30. The summed E-state index contributed by atoms with van der Waals surface area (Å²) in [7, 11) is 0. The Bertz CT molecular complexity index is 550. The van der Waals surface area contributed by atoms with Gasteiger partial charge in [0, 0.05) is 24.9 Å². The molecule has 0 saturated carbocycles. The number of nitrogens with one attached hydrogen (secondary N) is 1. The van der Waals surface area contributed by atoms with Crippen molar-refractivity contribution in [2.45, 2.75) is 38.6 Å². The van der Waals surface area contributed by atoms with Crippen LogP contribution in [0.4, 0.5) is 3.89 Å². The lowest BCUT2D eigenvalue weighted by Gasteiger charge is -2.26. The SMILES string of the molecule is O=C(CCc1cc(CN2CCCCC2)ccn1)CNC(=O)CSF. The van der Waals surface area contributed by atoms with E-state index >= 15 is 0 Å². The molecule has 1 fully saturated rings. The standard InChI is InChI=1S/C17H24FN3O2S/c18-24-13-17(23)20-11-16(22)5-4-15-10-14(6-7-19-15)12-21-8-2-1-3-9-21/h6-7,10H,1-5,8-9,11-13H2,(H,20,23). The highest BCUT2D eigenvalue weighted by Crippen LogP contribution is 2.13. The summed E-state index contributed by atoms with van der Waals surface area (Å²) in [5.41, 5.74) is 2.12. The average Bonchev–Trinajstić information content (AvgIpc) is 2.60. The maximum atomic E-state index is 11.9. The number of Topliss-reactive ketones (excluding diaryl/α,β-unsaturated/α-hetero) is 1. The van der Waals surface area contributed by atoms with Crippen molar-refractivity contribution in [1.29, 1.82) is 0 Å². The molecular formula is C17H24FN3O2S. The van der Waals surface area contributed by atoms with Crippen LogP contribution in [0.5, 0.6) is 0 Å². The summed E-state index contributed by atoms with van der Waals surface area (Å²) in [4.78, 5) is 29.7. The van der Waals surface area contributed by atoms with E-state index in [4.69, 9.17) is 0 Å². The minimum Gasteiger partial charge on any atom is -0.348 e. The lowest BCUT2D eigenvalue weighted by Crippen LogP contribution is -2.30. The third-order valence-electron chi connectivity index (χ3n) is 4.06. The van der Waals surface area contributed by atoms with Gasteiger partial charge in [-0.1, -0.05) is 6.42 Å². The average molecular weight is 353 g/mol. The normalized spacial score (nSPS) is 15.2. The number of piperidine rings is 1. The molecule has 1 aliphatic heterocycles. The zero-order chi connectivity index (χ0) is 17.2. The topological polar surface area (TPSA) is 62.3 Å². The molecule has 1 saturated heterocycles. The van der Waals surface area contributed by atoms with Gasteiger partial charge in [0.15, 0.2) is 5.78 Å². The van der Waals surface area contributed by atoms with Gasteiger partial charge >= 0.3 is 0 Å². The molecule has 0 aliphatic carbocycles. The Balaban J connectivity index is 1.75. The lowest BCUT2D eigenvalue weighted by molar-refractivity contribution is -0.123. The number of carbonyl (C=O) groups excluding carboxylic acids is 2. The van der Waals surface area contributed by atoms with Crippen molar-refractivity contribution in [3.63, 3.8) is 0 Å². The summed E-state index contributed by atoms with van der Waals surface area (Å²) >= 11 is -0.0500. The number of aryl methyl sites for hydroxylation is 1. The third kappa shape index (κ3) is 6.97. The minimum atomic E-state index is -0.461. The van der Waals surface area contributed by atoms with Crippen molar-refractivity contribution >= 4 is 23.8 Å². The van der Waals surface area contributed by atoms with Crippen molar-refractivity contribution in [3.8, 4) is 0 Å². The number of hydrogen-bond donors (Lipinski definition) is 1. The maximum Gasteiger partial charge on any atom is 0.233 e. The van der Waals surface area contributed by atoms with Gasteiger partial charge in [-0.3, -0.25) is 19.5 Å². The molecule has 1 N–H and O–H groups in total. The molecule has 0 radical (unpaired) electrons. The number of halogens is 1. The summed E-state index contributed by atoms with van der Waals surface area (Å²) in [5.74, 6) is -0.805. The Kier molecular flexibility index (Phi) is 8.18. The number of ketones is 1. The van der Waals surface area contributed by atoms with Crippen LogP contribution in [0.25, 0.3) is 0 Å². The van der Waals surface area contributed by atoms with Gasteiger partial charge in [-0.15, -0.1) is 0 Å². The van der Waals surface area contributed by atoms with E-state index < -0.39 is 5.91 Å². The van der Waals surface area contributed by atoms with Gasteiger partial charge in [-0.2, -0.15) is 3.89 Å². The summed E-state index contributed by atoms with van der Waals surface area (Å²) in [6, 6.07) is 4.08. The number of nitrogens with zero attached hydrogens (tertiary/aromatic N) is 2. The Labute approximate surface area is 146 Å². The van der Waals surface area contributed by atoms with E-state index in [2.05, 4.69) is 21.3 Å². The third-order valence-corrected chi connectivity index (χ3v) is 4.44. The van der Waals surface area contributed by atoms with Crippen LogP contribution in [-0.4, -0.2) is 47.0 Å². The number of likely N-dealkylation sites (tertiary alicyclic amines) is 1. The first-order chi connectivity index (χ1) is 11.7. The maximum absolute atomic E-state index is 11.9. The van der Waals surface area contributed by atoms with E-state index in [-0.39, 0.29) is 30.2 Å². The van der Waals surface area contributed by atoms with Crippen LogP contribution in [0, 0.1) is 0 Å². The van der Waals surface area contributed by atoms with Gasteiger partial charge in [-0.25, -0.2) is 0 Å². The number of pyridine rings is 1. The summed E-state index contributed by atoms with van der Waals surface area (Å²) in [5, 5.41) is 2.41. The molecule has 5 nitrogen and oxygen atoms in total. The zero-order valence-corrected chi connectivity index (χ0v) is 14.6. The number of hydrogen-bond acceptors (Lipinski definition) is 5. The summed E-state index contributed by atoms with van der Waals surface area (Å²) in [6.45, 7) is 3.17. The quantitative estimate of drug-likeness (QED) is 0.738. The Morgan fingerprint density at radius 3 is 2.83 bits per heavy atom. The summed E-state index contributed by atoms with van der Waals surface area (Å²) < 4.78 is 11.9. The number of carbonyl (C=O) groups is 2. The minimum absolute atomic E-state index is 0.0487. The molecule has 0 unspecified atom stereocenters. The molecule has 0 bridgehead atoms. The monoisotopic (exact) mass is 353 g/mol. The van der Waals surface area contributed by atoms with Crippen LogP contribution >= 0.6 is 12.1 Å². The van der Waals surface area contributed by atoms with E-state index in [0.29, 0.717) is 12.8 Å². The smallest absolute Gasteiger partial charge is 0.233 e. The Morgan fingerprint density at radius 2 is 2.08 bits per heavy atom. The van der Waals surface area contributed by atoms with Gasteiger partial charge < -0.3 is 5.32 Å². The molecule has 2 rings (SSSR count). The number of aromatic nitrogens is 1. The second-order valence-electron chi connectivity index (χ2n) is 6.06. The second-order valence-corrected chi connectivity index (χ2v) is 6.57. The predicted molar refractivity (Wildman–Crippen MR) is 93.3 cm³/mol. The molecule has 24 heavy (non-hydrogen) atoms. The molecule has 7 heteroatoms. The molecule has 1 aromatic heterocycles. The van der Waals surface area contributed by atoms with Gasteiger partial charge in [-0.05, 0) is 50.0 Å². The van der Waals surface area contributed by atoms with Gasteiger partial charge in [0.1, 0.15) is 5.75 Å². The molecule has 1 amide bonds. The first-order valence-corrected chi connectivity index (χ1v) is 9.24. The van der Waals surface area contributed by atoms with Crippen LogP contribution in [0.2, 0.25) is 0 Å². The fourth-order valence-electron chi connectivity index (χ4n) is 2.79. The largest absolute Gasteiger partial charge is 0.348 e. The summed E-state index contributed by atoms with van der Waals surface area (Å²) in [6.07, 6.45) is 6.52. The van der Waals surface area contributed by atoms with Crippen molar-refractivity contribution in [2.24, 2.45) is 0 Å². The molecule has 1 aromatic rings. The molecule has 1 aliphatic rings. The Morgan fingerprint density at radius 1 is 1.29 bits per heavy atom. The van der Waals surface area contributed by atoms with Gasteiger partial charge in [0.25, 0.3) is 0 Å². The van der Waals surface area contributed by atoms with Crippen molar-refractivity contribution in [1.82, 2.24) is 15.2 Å². The van der Waals surface area contributed by atoms with Crippen LogP contribution in [-0.2, 0) is 22.6 Å². The van der Waals surface area contributed by atoms with Gasteiger partial charge in [0.05, 0.1) is 18.7 Å². The highest BCUT2D eigenvalue weighted by molar-refractivity contribution is 7.95. The van der Waals surface area contributed by atoms with Crippen molar-refractivity contribution in [3.05, 3.63) is 29.6 Å². The molecule has 0 atom stereocenters. The van der Waals surface area contributed by atoms with Crippen LogP contribution in [0.1, 0.15) is 36.9 Å². The number of rotatable bonds is 9. The molecule has 0 aromatic carbocycles. The van der Waals surface area contributed by atoms with Crippen LogP contribution in [0.15, 0.2) is 18.3 Å². The van der Waals surface area contributed by atoms with Gasteiger partial charge in [0.2, 0.25) is 5.91 Å². The zero-order valence-electron chi connectivity index (χ0n) is 13.8. The number of amides is 1. The van der Waals surface area contributed by atoms with Crippen molar-refractivity contribution in [2.75, 3.05) is 25.4 Å². The van der Waals surface area contributed by atoms with Crippen LogP contribution in [0.3, 0.4) is 0 Å². The first kappa shape index (κ1) is 18.9. The highest BCUT2D eigenvalue weighted by atomic mass is 32.2. The highest BCUT2D eigenvalue weighted by Gasteiger charge is 2.11. The molecule has 132 valence electrons. The van der Waals surface area contributed by atoms with Crippen LogP contribution < -0.4 is 5.32 Å². The van der Waals surface area contributed by atoms with E-state index in [1.165, 1.54) is 24.8 Å². The molecular weight excluding hydrogens is 329 g/mol. The first-order valence-electron chi connectivity index (χ1n) is 8.35. The van der Waals surface area contributed by atoms with E-state index in [1.807, 2.05) is 6.07 Å². The lowest BCUT2D eigenvalue weighted by atomic mass is 10.1. The van der Waals surface area contributed by atoms with E-state index in [0.717, 1.165) is 25.3 Å². The fraction of sp³-hybridized carbons (Fsp3) is 0.588. The Hall–Kier alpha value is -1.47. The van der Waals surface area contributed by atoms with Crippen molar-refractivity contribution < 1.29 is 13.5 Å².